The van der Waals surface area contributed by atoms with Crippen LogP contribution >= 0.6 is 22.9 Å². The van der Waals surface area contributed by atoms with Crippen molar-refractivity contribution in [1.82, 2.24) is 10.3 Å². The fourth-order valence-electron chi connectivity index (χ4n) is 1.84. The summed E-state index contributed by atoms with van der Waals surface area (Å²) in [6.07, 6.45) is -0.0671. The van der Waals surface area contributed by atoms with E-state index in [1.54, 1.807) is 17.4 Å². The molecule has 1 aromatic heterocycles. The van der Waals surface area contributed by atoms with E-state index < -0.39 is 5.82 Å². The summed E-state index contributed by atoms with van der Waals surface area (Å²) in [6.45, 7) is 4.23. The molecule has 0 atom stereocenters. The fourth-order valence-corrected chi connectivity index (χ4v) is 2.95. The van der Waals surface area contributed by atoms with Crippen molar-refractivity contribution in [3.8, 4) is 0 Å². The molecule has 1 heterocycles. The highest BCUT2D eigenvalue weighted by atomic mass is 35.5. The Labute approximate surface area is 125 Å². The molecule has 2 aromatic rings. The maximum Gasteiger partial charge on any atom is 0.224 e. The van der Waals surface area contributed by atoms with Crippen molar-refractivity contribution in [1.29, 1.82) is 0 Å². The average Bonchev–Trinajstić information content (AvgIpc) is 2.70. The van der Waals surface area contributed by atoms with Crippen molar-refractivity contribution in [3.05, 3.63) is 50.2 Å². The minimum Gasteiger partial charge on any atom is -0.351 e. The summed E-state index contributed by atoms with van der Waals surface area (Å²) in [6, 6.07) is 4.39. The lowest BCUT2D eigenvalue weighted by molar-refractivity contribution is -0.120. The van der Waals surface area contributed by atoms with Gasteiger partial charge in [0, 0.05) is 15.5 Å². The van der Waals surface area contributed by atoms with Crippen LogP contribution in [0.5, 0.6) is 0 Å². The molecule has 6 heteroatoms. The third kappa shape index (κ3) is 3.55. The van der Waals surface area contributed by atoms with Gasteiger partial charge in [-0.1, -0.05) is 17.7 Å². The topological polar surface area (TPSA) is 42.0 Å². The molecule has 0 radical (unpaired) electrons. The molecule has 0 aliphatic rings. The predicted molar refractivity (Wildman–Crippen MR) is 78.5 cm³/mol. The van der Waals surface area contributed by atoms with Crippen LogP contribution in [0.4, 0.5) is 4.39 Å². The number of halogens is 2. The van der Waals surface area contributed by atoms with Gasteiger partial charge in [0.1, 0.15) is 5.82 Å². The molecule has 0 aliphatic heterocycles. The third-order valence-corrected chi connectivity index (χ3v) is 4.27. The molecule has 0 spiro atoms. The maximum atomic E-state index is 13.6. The lowest BCUT2D eigenvalue weighted by atomic mass is 10.1. The molecule has 1 aromatic carbocycles. The van der Waals surface area contributed by atoms with Gasteiger partial charge in [0.15, 0.2) is 0 Å². The number of rotatable bonds is 4. The van der Waals surface area contributed by atoms with Crippen LogP contribution in [0, 0.1) is 19.7 Å². The van der Waals surface area contributed by atoms with E-state index in [0.717, 1.165) is 15.6 Å². The number of amides is 1. The number of carbonyl (C=O) groups is 1. The smallest absolute Gasteiger partial charge is 0.224 e. The maximum absolute atomic E-state index is 13.6. The van der Waals surface area contributed by atoms with Gasteiger partial charge in [0.25, 0.3) is 0 Å². The van der Waals surface area contributed by atoms with Crippen molar-refractivity contribution in [2.24, 2.45) is 0 Å². The van der Waals surface area contributed by atoms with Crippen LogP contribution in [0.3, 0.4) is 0 Å². The molecule has 106 valence electrons. The number of hydrogen-bond acceptors (Lipinski definition) is 3. The van der Waals surface area contributed by atoms with Crippen LogP contribution in [0.1, 0.15) is 21.1 Å². The Kier molecular flexibility index (Phi) is 4.73. The van der Waals surface area contributed by atoms with Crippen LogP contribution in [0.25, 0.3) is 0 Å². The lowest BCUT2D eigenvalue weighted by Gasteiger charge is -2.07. The summed E-state index contributed by atoms with van der Waals surface area (Å²) < 4.78 is 13.6. The van der Waals surface area contributed by atoms with E-state index in [2.05, 4.69) is 10.3 Å². The highest BCUT2D eigenvalue weighted by Gasteiger charge is 2.12. The Bertz CT molecular complexity index is 622. The molecule has 0 fully saturated rings. The molecule has 0 bridgehead atoms. The summed E-state index contributed by atoms with van der Waals surface area (Å²) in [5.74, 6) is -0.722. The zero-order valence-corrected chi connectivity index (χ0v) is 12.7. The molecule has 2 rings (SSSR count). The Hall–Kier alpha value is -1.46. The second kappa shape index (κ2) is 6.33. The number of nitrogens with zero attached hydrogens (tertiary/aromatic N) is 1. The van der Waals surface area contributed by atoms with Gasteiger partial charge in [-0.3, -0.25) is 4.79 Å². The second-order valence-electron chi connectivity index (χ2n) is 4.40. The average molecular weight is 313 g/mol. The quantitative estimate of drug-likeness (QED) is 0.940. The van der Waals surface area contributed by atoms with Crippen molar-refractivity contribution in [2.75, 3.05) is 0 Å². The Balaban J connectivity index is 1.98. The number of aryl methyl sites for hydroxylation is 2. The second-order valence-corrected chi connectivity index (χ2v) is 6.09. The SMILES string of the molecule is Cc1nc(C)c(CNC(=O)Cc2c(F)cccc2Cl)s1. The standard InChI is InChI=1S/C14H14ClFN2OS/c1-8-13(20-9(2)18-8)7-17-14(19)6-10-11(15)4-3-5-12(10)16/h3-5H,6-7H2,1-2H3,(H,17,19). The summed E-state index contributed by atoms with van der Waals surface area (Å²) in [4.78, 5) is 17.2. The summed E-state index contributed by atoms with van der Waals surface area (Å²) in [5, 5.41) is 3.99. The molecule has 0 saturated heterocycles. The van der Waals surface area contributed by atoms with Gasteiger partial charge in [0.2, 0.25) is 5.91 Å². The van der Waals surface area contributed by atoms with E-state index in [-0.39, 0.29) is 22.9 Å². The molecule has 0 aliphatic carbocycles. The normalized spacial score (nSPS) is 10.6. The van der Waals surface area contributed by atoms with Crippen LogP contribution in [0.2, 0.25) is 5.02 Å². The molecule has 1 N–H and O–H groups in total. The molecule has 0 unspecified atom stereocenters. The molecular weight excluding hydrogens is 299 g/mol. The number of hydrogen-bond donors (Lipinski definition) is 1. The van der Waals surface area contributed by atoms with Gasteiger partial charge in [-0.2, -0.15) is 0 Å². The van der Waals surface area contributed by atoms with Gasteiger partial charge < -0.3 is 5.32 Å². The minimum absolute atomic E-state index is 0.0671. The van der Waals surface area contributed by atoms with Crippen LogP contribution < -0.4 is 5.32 Å². The first kappa shape index (κ1) is 14.9. The Morgan fingerprint density at radius 3 is 2.80 bits per heavy atom. The van der Waals surface area contributed by atoms with E-state index >= 15 is 0 Å². The number of thiazole rings is 1. The Morgan fingerprint density at radius 1 is 1.45 bits per heavy atom. The molecular formula is C14H14ClFN2OS. The van der Waals surface area contributed by atoms with Gasteiger partial charge in [0.05, 0.1) is 23.7 Å². The van der Waals surface area contributed by atoms with E-state index in [1.165, 1.54) is 12.1 Å². The summed E-state index contributed by atoms with van der Waals surface area (Å²) in [5.41, 5.74) is 1.14. The van der Waals surface area contributed by atoms with Crippen molar-refractivity contribution in [3.63, 3.8) is 0 Å². The first-order valence-electron chi connectivity index (χ1n) is 6.10. The van der Waals surface area contributed by atoms with Crippen LogP contribution in [-0.2, 0) is 17.8 Å². The van der Waals surface area contributed by atoms with E-state index in [4.69, 9.17) is 11.6 Å². The van der Waals surface area contributed by atoms with Crippen molar-refractivity contribution < 1.29 is 9.18 Å². The number of aromatic nitrogens is 1. The zero-order chi connectivity index (χ0) is 14.7. The molecule has 1 amide bonds. The lowest BCUT2D eigenvalue weighted by Crippen LogP contribution is -2.25. The number of carbonyl (C=O) groups excluding carboxylic acids is 1. The molecule has 20 heavy (non-hydrogen) atoms. The molecule has 3 nitrogen and oxygen atoms in total. The fraction of sp³-hybridized carbons (Fsp3) is 0.286. The van der Waals surface area contributed by atoms with Gasteiger partial charge in [-0.25, -0.2) is 9.37 Å². The van der Waals surface area contributed by atoms with Crippen molar-refractivity contribution >= 4 is 28.8 Å². The number of benzene rings is 1. The minimum atomic E-state index is -0.461. The first-order chi connectivity index (χ1) is 9.47. The van der Waals surface area contributed by atoms with E-state index in [1.807, 2.05) is 13.8 Å². The van der Waals surface area contributed by atoms with Gasteiger partial charge in [-0.15, -0.1) is 11.3 Å². The Morgan fingerprint density at radius 2 is 2.20 bits per heavy atom. The monoisotopic (exact) mass is 312 g/mol. The summed E-state index contributed by atoms with van der Waals surface area (Å²) in [7, 11) is 0. The van der Waals surface area contributed by atoms with E-state index in [9.17, 15) is 9.18 Å². The van der Waals surface area contributed by atoms with Gasteiger partial charge in [-0.05, 0) is 26.0 Å². The molecule has 0 saturated carbocycles. The first-order valence-corrected chi connectivity index (χ1v) is 7.29. The zero-order valence-electron chi connectivity index (χ0n) is 11.2. The van der Waals surface area contributed by atoms with Crippen LogP contribution in [0.15, 0.2) is 18.2 Å². The van der Waals surface area contributed by atoms with Gasteiger partial charge >= 0.3 is 0 Å². The highest BCUT2D eigenvalue weighted by Crippen LogP contribution is 2.20. The number of nitrogens with one attached hydrogen (secondary N) is 1. The largest absolute Gasteiger partial charge is 0.351 e. The highest BCUT2D eigenvalue weighted by molar-refractivity contribution is 7.11. The van der Waals surface area contributed by atoms with Crippen LogP contribution in [-0.4, -0.2) is 10.9 Å². The van der Waals surface area contributed by atoms with E-state index in [0.29, 0.717) is 6.54 Å². The third-order valence-electron chi connectivity index (χ3n) is 2.84. The summed E-state index contributed by atoms with van der Waals surface area (Å²) >= 11 is 7.43. The van der Waals surface area contributed by atoms with Crippen molar-refractivity contribution in [2.45, 2.75) is 26.8 Å². The predicted octanol–water partition coefficient (Wildman–Crippen LogP) is 3.41.